The molecule has 6 nitrogen and oxygen atoms in total. The standard InChI is InChI=1S/C22H23BrN2O4/c1-17(22(27)25(14-7-13-24)19-9-3-2-4-10-19)29-21(26)12-6-15-28-20-11-5-8-18(23)16-20/h2-5,8-11,16-17H,6-7,12,14-15H2,1H3/t17-/m1/s1. The summed E-state index contributed by atoms with van der Waals surface area (Å²) in [4.78, 5) is 26.3. The average molecular weight is 459 g/mol. The lowest BCUT2D eigenvalue weighted by atomic mass is 10.2. The minimum absolute atomic E-state index is 0.148. The number of nitriles is 1. The van der Waals surface area contributed by atoms with Crippen LogP contribution in [0.25, 0.3) is 0 Å². The van der Waals surface area contributed by atoms with Gasteiger partial charge in [0.25, 0.3) is 5.91 Å². The number of carbonyl (C=O) groups excluding carboxylic acids is 2. The maximum atomic E-state index is 12.7. The van der Waals surface area contributed by atoms with Crippen LogP contribution in [0.2, 0.25) is 0 Å². The van der Waals surface area contributed by atoms with E-state index in [1.165, 1.54) is 4.90 Å². The van der Waals surface area contributed by atoms with Crippen molar-refractivity contribution in [3.8, 4) is 11.8 Å². The first kappa shape index (κ1) is 22.4. The van der Waals surface area contributed by atoms with Crippen LogP contribution < -0.4 is 9.64 Å². The molecule has 1 atom stereocenters. The van der Waals surface area contributed by atoms with E-state index in [2.05, 4.69) is 15.9 Å². The van der Waals surface area contributed by atoms with Gasteiger partial charge in [0.05, 0.1) is 19.1 Å². The fourth-order valence-corrected chi connectivity index (χ4v) is 3.00. The number of ether oxygens (including phenoxy) is 2. The highest BCUT2D eigenvalue weighted by atomic mass is 79.9. The van der Waals surface area contributed by atoms with Crippen molar-refractivity contribution in [2.24, 2.45) is 0 Å². The molecule has 0 unspecified atom stereocenters. The van der Waals surface area contributed by atoms with E-state index in [4.69, 9.17) is 14.7 Å². The molecule has 0 saturated heterocycles. The number of para-hydroxylation sites is 1. The smallest absolute Gasteiger partial charge is 0.306 e. The van der Waals surface area contributed by atoms with E-state index in [1.54, 1.807) is 19.1 Å². The molecule has 0 radical (unpaired) electrons. The fourth-order valence-electron chi connectivity index (χ4n) is 2.63. The van der Waals surface area contributed by atoms with Crippen molar-refractivity contribution in [1.82, 2.24) is 0 Å². The molecule has 0 aliphatic rings. The fraction of sp³-hybridized carbons (Fsp3) is 0.318. The summed E-state index contributed by atoms with van der Waals surface area (Å²) in [5.41, 5.74) is 0.665. The van der Waals surface area contributed by atoms with Gasteiger partial charge in [-0.3, -0.25) is 9.59 Å². The molecule has 0 aliphatic carbocycles. The second-order valence-electron chi connectivity index (χ2n) is 6.28. The Morgan fingerprint density at radius 3 is 2.62 bits per heavy atom. The van der Waals surface area contributed by atoms with Crippen LogP contribution in [0.5, 0.6) is 5.75 Å². The first-order valence-corrected chi connectivity index (χ1v) is 10.1. The number of amides is 1. The van der Waals surface area contributed by atoms with Gasteiger partial charge in [-0.15, -0.1) is 0 Å². The Kier molecular flexibility index (Phi) is 9.19. The van der Waals surface area contributed by atoms with E-state index in [-0.39, 0.29) is 25.3 Å². The van der Waals surface area contributed by atoms with Crippen LogP contribution in [0.3, 0.4) is 0 Å². The molecule has 1 amide bonds. The molecule has 2 aromatic rings. The average Bonchev–Trinajstić information content (AvgIpc) is 2.72. The number of anilines is 1. The third-order valence-corrected chi connectivity index (χ3v) is 4.52. The minimum Gasteiger partial charge on any atom is -0.494 e. The Hall–Kier alpha value is -2.85. The van der Waals surface area contributed by atoms with Crippen molar-refractivity contribution in [2.45, 2.75) is 32.3 Å². The Morgan fingerprint density at radius 1 is 1.17 bits per heavy atom. The second kappa shape index (κ2) is 11.9. The molecule has 0 heterocycles. The van der Waals surface area contributed by atoms with Gasteiger partial charge in [0, 0.05) is 23.1 Å². The third-order valence-electron chi connectivity index (χ3n) is 4.03. The predicted molar refractivity (Wildman–Crippen MR) is 113 cm³/mol. The number of esters is 1. The molecular formula is C22H23BrN2O4. The zero-order valence-corrected chi connectivity index (χ0v) is 17.8. The number of hydrogen-bond donors (Lipinski definition) is 0. The molecule has 7 heteroatoms. The van der Waals surface area contributed by atoms with Crippen molar-refractivity contribution in [2.75, 3.05) is 18.1 Å². The van der Waals surface area contributed by atoms with Crippen LogP contribution in [-0.4, -0.2) is 31.1 Å². The summed E-state index contributed by atoms with van der Waals surface area (Å²) in [6.45, 7) is 2.15. The number of carbonyl (C=O) groups is 2. The van der Waals surface area contributed by atoms with Crippen LogP contribution >= 0.6 is 15.9 Å². The first-order chi connectivity index (χ1) is 14.0. The van der Waals surface area contributed by atoms with Crippen LogP contribution in [0.4, 0.5) is 5.69 Å². The lowest BCUT2D eigenvalue weighted by Gasteiger charge is -2.25. The van der Waals surface area contributed by atoms with E-state index in [0.717, 1.165) is 4.47 Å². The minimum atomic E-state index is -0.938. The van der Waals surface area contributed by atoms with Gasteiger partial charge in [-0.1, -0.05) is 40.2 Å². The summed E-state index contributed by atoms with van der Waals surface area (Å²) in [6.07, 6.45) is -0.126. The topological polar surface area (TPSA) is 79.6 Å². The van der Waals surface area contributed by atoms with Gasteiger partial charge in [0.2, 0.25) is 0 Å². The lowest BCUT2D eigenvalue weighted by Crippen LogP contribution is -2.40. The molecule has 0 N–H and O–H groups in total. The molecule has 0 aromatic heterocycles. The van der Waals surface area contributed by atoms with Gasteiger partial charge >= 0.3 is 5.97 Å². The number of nitrogens with zero attached hydrogens (tertiary/aromatic N) is 2. The van der Waals surface area contributed by atoms with Crippen LogP contribution in [0.1, 0.15) is 26.2 Å². The van der Waals surface area contributed by atoms with Crippen molar-refractivity contribution in [3.05, 3.63) is 59.1 Å². The molecule has 152 valence electrons. The van der Waals surface area contributed by atoms with Gasteiger partial charge in [0.1, 0.15) is 5.75 Å². The summed E-state index contributed by atoms with van der Waals surface area (Å²) in [7, 11) is 0. The zero-order valence-electron chi connectivity index (χ0n) is 16.2. The molecule has 2 rings (SSSR count). The van der Waals surface area contributed by atoms with Gasteiger partial charge in [-0.25, -0.2) is 0 Å². The van der Waals surface area contributed by atoms with Crippen LogP contribution in [0.15, 0.2) is 59.1 Å². The quantitative estimate of drug-likeness (QED) is 0.387. The number of hydrogen-bond acceptors (Lipinski definition) is 5. The maximum absolute atomic E-state index is 12.7. The van der Waals surface area contributed by atoms with E-state index in [1.807, 2.05) is 48.5 Å². The molecule has 0 aliphatic heterocycles. The Bertz CT molecular complexity index is 851. The molecule has 0 bridgehead atoms. The highest BCUT2D eigenvalue weighted by Crippen LogP contribution is 2.18. The number of halogens is 1. The highest BCUT2D eigenvalue weighted by molar-refractivity contribution is 9.10. The second-order valence-corrected chi connectivity index (χ2v) is 7.19. The summed E-state index contributed by atoms with van der Waals surface area (Å²) in [5, 5.41) is 8.86. The number of benzene rings is 2. The molecule has 0 fully saturated rings. The van der Waals surface area contributed by atoms with Gasteiger partial charge < -0.3 is 14.4 Å². The zero-order chi connectivity index (χ0) is 21.1. The van der Waals surface area contributed by atoms with E-state index in [9.17, 15) is 9.59 Å². The summed E-state index contributed by atoms with van der Waals surface area (Å²) < 4.78 is 11.8. The van der Waals surface area contributed by atoms with Crippen molar-refractivity contribution < 1.29 is 19.1 Å². The number of rotatable bonds is 10. The van der Waals surface area contributed by atoms with E-state index >= 15 is 0 Å². The maximum Gasteiger partial charge on any atom is 0.306 e. The predicted octanol–water partition coefficient (Wildman–Crippen LogP) is 4.49. The SMILES string of the molecule is C[C@@H](OC(=O)CCCOc1cccc(Br)c1)C(=O)N(CCC#N)c1ccccc1. The Balaban J connectivity index is 1.82. The van der Waals surface area contributed by atoms with Crippen molar-refractivity contribution >= 4 is 33.5 Å². The Morgan fingerprint density at radius 2 is 1.93 bits per heavy atom. The van der Waals surface area contributed by atoms with Gasteiger partial charge in [-0.2, -0.15) is 5.26 Å². The normalized spacial score (nSPS) is 11.2. The van der Waals surface area contributed by atoms with Gasteiger partial charge in [0.15, 0.2) is 6.10 Å². The summed E-state index contributed by atoms with van der Waals surface area (Å²) in [6, 6.07) is 18.5. The molecule has 2 aromatic carbocycles. The molecule has 29 heavy (non-hydrogen) atoms. The third kappa shape index (κ3) is 7.59. The largest absolute Gasteiger partial charge is 0.494 e. The summed E-state index contributed by atoms with van der Waals surface area (Å²) >= 11 is 3.37. The monoisotopic (exact) mass is 458 g/mol. The molecular weight excluding hydrogens is 436 g/mol. The Labute approximate surface area is 179 Å². The lowest BCUT2D eigenvalue weighted by molar-refractivity contribution is -0.154. The van der Waals surface area contributed by atoms with E-state index < -0.39 is 12.1 Å². The first-order valence-electron chi connectivity index (χ1n) is 9.32. The highest BCUT2D eigenvalue weighted by Gasteiger charge is 2.24. The van der Waals surface area contributed by atoms with Gasteiger partial charge in [-0.05, 0) is 43.7 Å². The molecule has 0 spiro atoms. The van der Waals surface area contributed by atoms with Crippen molar-refractivity contribution in [3.63, 3.8) is 0 Å². The van der Waals surface area contributed by atoms with Crippen LogP contribution in [0, 0.1) is 11.3 Å². The van der Waals surface area contributed by atoms with E-state index in [0.29, 0.717) is 24.5 Å². The molecule has 0 saturated carbocycles. The van der Waals surface area contributed by atoms with Crippen LogP contribution in [-0.2, 0) is 14.3 Å². The summed E-state index contributed by atoms with van der Waals surface area (Å²) in [5.74, 6) is -0.102. The van der Waals surface area contributed by atoms with Crippen molar-refractivity contribution in [1.29, 1.82) is 5.26 Å².